The largest absolute Gasteiger partial charge is 0.435 e. The van der Waals surface area contributed by atoms with Crippen molar-refractivity contribution in [3.05, 3.63) is 126 Å². The zero-order valence-corrected chi connectivity index (χ0v) is 30.1. The second-order valence-corrected chi connectivity index (χ2v) is 12.5. The third kappa shape index (κ3) is 8.64. The molecule has 0 aliphatic rings. The Bertz CT molecular complexity index is 2750. The topological polar surface area (TPSA) is 171 Å². The van der Waals surface area contributed by atoms with E-state index >= 15 is 0 Å². The summed E-state index contributed by atoms with van der Waals surface area (Å²) in [7, 11) is 0. The van der Waals surface area contributed by atoms with E-state index in [-0.39, 0.29) is 34.9 Å². The summed E-state index contributed by atoms with van der Waals surface area (Å²) in [6.45, 7) is 0.605. The molecule has 13 nitrogen and oxygen atoms in total. The molecule has 6 aromatic heterocycles. The Kier molecular flexibility index (Phi) is 10.4. The van der Waals surface area contributed by atoms with E-state index in [1.165, 1.54) is 71.4 Å². The normalized spacial score (nSPS) is 11.5. The molecule has 0 radical (unpaired) electrons. The number of fused-ring (bicyclic) bond motifs is 2. The van der Waals surface area contributed by atoms with Crippen LogP contribution in [0.2, 0.25) is 0 Å². The van der Waals surface area contributed by atoms with Crippen LogP contribution in [-0.2, 0) is 6.18 Å². The van der Waals surface area contributed by atoms with Crippen molar-refractivity contribution in [2.45, 2.75) is 26.6 Å². The summed E-state index contributed by atoms with van der Waals surface area (Å²) in [5, 5.41) is 5.93. The highest BCUT2D eigenvalue weighted by Gasteiger charge is 2.30. The molecule has 8 aromatic rings. The minimum Gasteiger partial charge on any atom is -0.435 e. The molecule has 0 amide bonds. The lowest BCUT2D eigenvalue weighted by Gasteiger charge is -2.11. The van der Waals surface area contributed by atoms with Gasteiger partial charge in [-0.25, -0.2) is 38.7 Å². The number of anilines is 6. The second-order valence-electron chi connectivity index (χ2n) is 12.5. The fourth-order valence-corrected chi connectivity index (χ4v) is 5.84. The lowest BCUT2D eigenvalue weighted by molar-refractivity contribution is -0.137. The summed E-state index contributed by atoms with van der Waals surface area (Å²) in [4.78, 5) is 26.0. The first-order valence-electron chi connectivity index (χ1n) is 16.9. The van der Waals surface area contributed by atoms with E-state index in [0.717, 1.165) is 12.1 Å². The average molecular weight is 803 g/mol. The first kappa shape index (κ1) is 38.8. The third-order valence-electron chi connectivity index (χ3n) is 8.27. The van der Waals surface area contributed by atoms with Gasteiger partial charge in [0, 0.05) is 35.9 Å². The number of nitrogen functional groups attached to an aromatic ring is 2. The molecule has 20 heteroatoms. The maximum Gasteiger partial charge on any atom is 0.416 e. The van der Waals surface area contributed by atoms with Gasteiger partial charge in [-0.05, 0) is 86.6 Å². The van der Waals surface area contributed by atoms with Crippen molar-refractivity contribution < 1.29 is 35.5 Å². The van der Waals surface area contributed by atoms with Crippen LogP contribution < -0.4 is 26.8 Å². The van der Waals surface area contributed by atoms with Crippen molar-refractivity contribution in [1.82, 2.24) is 38.7 Å². The molecule has 0 aliphatic carbocycles. The summed E-state index contributed by atoms with van der Waals surface area (Å²) in [6.07, 6.45) is -1.85. The molecule has 8 rings (SSSR count). The number of alkyl halides is 5. The average Bonchev–Trinajstić information content (AvgIpc) is 3.65. The van der Waals surface area contributed by atoms with Crippen LogP contribution in [0.4, 0.5) is 65.4 Å². The highest BCUT2D eigenvalue weighted by Crippen LogP contribution is 2.31. The van der Waals surface area contributed by atoms with Crippen LogP contribution in [0.15, 0.2) is 97.3 Å². The fraction of sp³-hybridized carbons (Fsp3) is 0.105. The van der Waals surface area contributed by atoms with Gasteiger partial charge in [0.05, 0.1) is 17.0 Å². The number of hydrogen-bond donors (Lipinski definition) is 4. The molecular formula is C38H29F7N12O. The number of pyridine rings is 2. The Morgan fingerprint density at radius 1 is 0.603 bits per heavy atom. The van der Waals surface area contributed by atoms with Crippen LogP contribution in [0.1, 0.15) is 17.0 Å². The standard InChI is InChI=1S/C19H14F4N6.C19H15F3N6O/c1-10-17(29-9-12(20)4-7-16(29)25-10)18-27-14(24)8-15(28-18)26-13-5-2-11(3-6-13)19(21,22)23;1-10-17(28-9-11(20)2-7-16(28)24-10)18-26-14(23)8-15(27-18)25-12-3-5-13(6-4-12)29-19(21)22/h2-9H,1H3,(H3,24,26,27,28);2-9,19H,1H3,(H3,23,25,26,27). The molecule has 296 valence electrons. The number of aromatic nitrogens is 8. The molecular weight excluding hydrogens is 773 g/mol. The number of nitrogens with two attached hydrogens (primary N) is 2. The van der Waals surface area contributed by atoms with Crippen LogP contribution in [0.5, 0.6) is 5.75 Å². The second kappa shape index (κ2) is 15.6. The Labute approximate surface area is 323 Å². The maximum absolute atomic E-state index is 13.7. The molecule has 6 heterocycles. The van der Waals surface area contributed by atoms with Crippen LogP contribution in [0, 0.1) is 25.5 Å². The van der Waals surface area contributed by atoms with Crippen molar-refractivity contribution in [2.24, 2.45) is 0 Å². The number of nitrogens with one attached hydrogen (secondary N) is 2. The summed E-state index contributed by atoms with van der Waals surface area (Å²) in [5.41, 5.74) is 15.2. The molecule has 0 unspecified atom stereocenters. The molecule has 0 aliphatic heterocycles. The summed E-state index contributed by atoms with van der Waals surface area (Å²) < 4.78 is 97.5. The van der Waals surface area contributed by atoms with Crippen molar-refractivity contribution in [2.75, 3.05) is 22.1 Å². The lowest BCUT2D eigenvalue weighted by Crippen LogP contribution is -2.05. The summed E-state index contributed by atoms with van der Waals surface area (Å²) >= 11 is 0. The molecule has 0 saturated carbocycles. The zero-order valence-electron chi connectivity index (χ0n) is 30.1. The van der Waals surface area contributed by atoms with Gasteiger partial charge in [0.15, 0.2) is 11.6 Å². The van der Waals surface area contributed by atoms with Crippen molar-refractivity contribution in [1.29, 1.82) is 0 Å². The van der Waals surface area contributed by atoms with E-state index < -0.39 is 30.0 Å². The van der Waals surface area contributed by atoms with Gasteiger partial charge in [-0.2, -0.15) is 22.0 Å². The molecule has 6 N–H and O–H groups in total. The molecule has 0 fully saturated rings. The number of hydrogen-bond acceptors (Lipinski definition) is 11. The van der Waals surface area contributed by atoms with E-state index in [1.54, 1.807) is 36.4 Å². The van der Waals surface area contributed by atoms with E-state index in [4.69, 9.17) is 11.5 Å². The monoisotopic (exact) mass is 802 g/mol. The maximum atomic E-state index is 13.7. The molecule has 58 heavy (non-hydrogen) atoms. The van der Waals surface area contributed by atoms with Gasteiger partial charge in [0.25, 0.3) is 0 Å². The van der Waals surface area contributed by atoms with Crippen LogP contribution >= 0.6 is 0 Å². The fourth-order valence-electron chi connectivity index (χ4n) is 5.84. The number of aryl methyl sites for hydroxylation is 2. The van der Waals surface area contributed by atoms with Gasteiger partial charge < -0.3 is 26.8 Å². The van der Waals surface area contributed by atoms with E-state index in [9.17, 15) is 30.7 Å². The van der Waals surface area contributed by atoms with Crippen LogP contribution in [-0.4, -0.2) is 45.3 Å². The van der Waals surface area contributed by atoms with Crippen molar-refractivity contribution >= 4 is 45.9 Å². The molecule has 0 saturated heterocycles. The number of rotatable bonds is 8. The minimum absolute atomic E-state index is 0.0387. The predicted molar refractivity (Wildman–Crippen MR) is 202 cm³/mol. The van der Waals surface area contributed by atoms with Crippen LogP contribution in [0.3, 0.4) is 0 Å². The molecule has 0 spiro atoms. The summed E-state index contributed by atoms with van der Waals surface area (Å²) in [6, 6.07) is 19.1. The highest BCUT2D eigenvalue weighted by atomic mass is 19.4. The molecule has 0 bridgehead atoms. The Balaban J connectivity index is 0.000000177. The number of nitrogens with zero attached hydrogens (tertiary/aromatic N) is 8. The Morgan fingerprint density at radius 3 is 1.45 bits per heavy atom. The van der Waals surface area contributed by atoms with Gasteiger partial charge in [0.2, 0.25) is 0 Å². The van der Waals surface area contributed by atoms with Gasteiger partial charge in [-0.1, -0.05) is 0 Å². The van der Waals surface area contributed by atoms with Gasteiger partial charge in [-0.15, -0.1) is 0 Å². The molecule has 2 aromatic carbocycles. The number of benzene rings is 2. The van der Waals surface area contributed by atoms with E-state index in [1.807, 2.05) is 0 Å². The predicted octanol–water partition coefficient (Wildman–Crippen LogP) is 8.75. The third-order valence-corrected chi connectivity index (χ3v) is 8.27. The van der Waals surface area contributed by atoms with Gasteiger partial charge in [-0.3, -0.25) is 8.80 Å². The molecule has 0 atom stereocenters. The van der Waals surface area contributed by atoms with E-state index in [0.29, 0.717) is 51.3 Å². The first-order valence-corrected chi connectivity index (χ1v) is 16.9. The van der Waals surface area contributed by atoms with Gasteiger partial charge in [0.1, 0.15) is 63.3 Å². The number of imidazole rings is 2. The van der Waals surface area contributed by atoms with E-state index in [2.05, 4.69) is 45.3 Å². The lowest BCUT2D eigenvalue weighted by atomic mass is 10.2. The smallest absolute Gasteiger partial charge is 0.416 e. The van der Waals surface area contributed by atoms with Crippen molar-refractivity contribution in [3.8, 4) is 28.8 Å². The Hall–Kier alpha value is -7.51. The van der Waals surface area contributed by atoms with Crippen molar-refractivity contribution in [3.63, 3.8) is 0 Å². The quantitative estimate of drug-likeness (QED) is 0.108. The highest BCUT2D eigenvalue weighted by molar-refractivity contribution is 5.68. The first-order chi connectivity index (χ1) is 27.6. The van der Waals surface area contributed by atoms with Gasteiger partial charge >= 0.3 is 12.8 Å². The number of halogens is 7. The van der Waals surface area contributed by atoms with Crippen LogP contribution in [0.25, 0.3) is 34.3 Å². The number of ether oxygens (including phenoxy) is 1. The summed E-state index contributed by atoms with van der Waals surface area (Å²) in [5.74, 6) is 0.607. The zero-order chi connectivity index (χ0) is 41.3. The SMILES string of the molecule is Cc1nc2ccc(F)cn2c1-c1nc(N)cc(Nc2ccc(C(F)(F)F)cc2)n1.Cc1nc2ccc(F)cn2c1-c1nc(N)cc(Nc2ccc(OC(F)F)cc2)n1. The Morgan fingerprint density at radius 2 is 1.03 bits per heavy atom. The minimum atomic E-state index is -4.42.